The lowest BCUT2D eigenvalue weighted by atomic mass is 10.2. The van der Waals surface area contributed by atoms with Crippen LogP contribution in [0.4, 0.5) is 13.2 Å². The first-order chi connectivity index (χ1) is 6.82. The van der Waals surface area contributed by atoms with Gasteiger partial charge in [0.05, 0.1) is 6.61 Å². The lowest BCUT2D eigenvalue weighted by molar-refractivity contribution is -0.198. The smallest absolute Gasteiger partial charge is 0.401 e. The number of carbonyl (C=O) groups excluding carboxylic acids is 2. The van der Waals surface area contributed by atoms with Crippen LogP contribution in [-0.4, -0.2) is 30.8 Å². The second-order valence-corrected chi connectivity index (χ2v) is 3.15. The summed E-state index contributed by atoms with van der Waals surface area (Å²) in [6.07, 6.45) is -5.74. The fraction of sp³-hybridized carbons (Fsp3) is 0.750. The first-order valence-electron chi connectivity index (χ1n) is 4.26. The summed E-state index contributed by atoms with van der Waals surface area (Å²) in [5.41, 5.74) is 0. The van der Waals surface area contributed by atoms with Crippen molar-refractivity contribution in [3.63, 3.8) is 0 Å². The maximum Gasteiger partial charge on any atom is 0.401 e. The molecule has 0 amide bonds. The molecule has 0 aliphatic carbocycles. The molecule has 0 N–H and O–H groups in total. The van der Waals surface area contributed by atoms with Crippen LogP contribution in [0.2, 0.25) is 0 Å². The number of cyclic esters (lactones) is 1. The first kappa shape index (κ1) is 11.8. The normalized spacial score (nSPS) is 23.5. The number of carbonyl (C=O) groups is 2. The topological polar surface area (TPSA) is 52.6 Å². The molecule has 1 aliphatic rings. The fourth-order valence-corrected chi connectivity index (χ4v) is 0.960. The van der Waals surface area contributed by atoms with E-state index in [0.717, 1.165) is 0 Å². The molecule has 0 bridgehead atoms. The number of hydrogen-bond acceptors (Lipinski definition) is 4. The Morgan fingerprint density at radius 1 is 1.60 bits per heavy atom. The fourth-order valence-electron chi connectivity index (χ4n) is 0.960. The average Bonchev–Trinajstić information content (AvgIpc) is 2.49. The summed E-state index contributed by atoms with van der Waals surface area (Å²) in [5.74, 6) is -4.48. The predicted octanol–water partition coefficient (Wildman–Crippen LogP) is 1.04. The van der Waals surface area contributed by atoms with Crippen LogP contribution in [0, 0.1) is 5.92 Å². The van der Waals surface area contributed by atoms with Crippen LogP contribution in [0.3, 0.4) is 0 Å². The molecule has 7 heteroatoms. The average molecular weight is 226 g/mol. The summed E-state index contributed by atoms with van der Waals surface area (Å²) in [4.78, 5) is 21.7. The zero-order valence-corrected chi connectivity index (χ0v) is 7.84. The quantitative estimate of drug-likeness (QED) is 0.660. The van der Waals surface area contributed by atoms with E-state index in [1.165, 1.54) is 0 Å². The first-order valence-corrected chi connectivity index (χ1v) is 4.26. The molecule has 1 rings (SSSR count). The largest absolute Gasteiger partial charge is 0.463 e. The lowest BCUT2D eigenvalue weighted by Gasteiger charge is -2.16. The van der Waals surface area contributed by atoms with E-state index in [0.29, 0.717) is 6.92 Å². The van der Waals surface area contributed by atoms with Crippen molar-refractivity contribution in [1.29, 1.82) is 0 Å². The summed E-state index contributed by atoms with van der Waals surface area (Å²) in [5, 5.41) is 0. The van der Waals surface area contributed by atoms with Gasteiger partial charge in [-0.05, 0) is 6.92 Å². The summed E-state index contributed by atoms with van der Waals surface area (Å²) in [7, 11) is 0. The minimum absolute atomic E-state index is 0.0666. The highest BCUT2D eigenvalue weighted by Gasteiger charge is 2.44. The van der Waals surface area contributed by atoms with Gasteiger partial charge in [0.15, 0.2) is 0 Å². The van der Waals surface area contributed by atoms with Gasteiger partial charge in [0.2, 0.25) is 6.10 Å². The summed E-state index contributed by atoms with van der Waals surface area (Å²) >= 11 is 0. The Kier molecular flexibility index (Phi) is 3.21. The molecule has 1 saturated heterocycles. The second-order valence-electron chi connectivity index (χ2n) is 3.15. The molecule has 0 radical (unpaired) electrons. The molecule has 0 spiro atoms. The molecule has 15 heavy (non-hydrogen) atoms. The minimum atomic E-state index is -4.65. The molecule has 0 aromatic heterocycles. The highest BCUT2D eigenvalue weighted by atomic mass is 19.4. The van der Waals surface area contributed by atoms with Gasteiger partial charge in [-0.3, -0.25) is 4.79 Å². The van der Waals surface area contributed by atoms with E-state index < -0.39 is 30.1 Å². The highest BCUT2D eigenvalue weighted by molar-refractivity contribution is 5.81. The van der Waals surface area contributed by atoms with Gasteiger partial charge in [-0.1, -0.05) is 0 Å². The number of alkyl halides is 3. The van der Waals surface area contributed by atoms with E-state index >= 15 is 0 Å². The van der Waals surface area contributed by atoms with E-state index in [1.807, 2.05) is 0 Å². The van der Waals surface area contributed by atoms with Crippen molar-refractivity contribution < 1.29 is 32.2 Å². The molecular weight excluding hydrogens is 217 g/mol. The number of esters is 2. The van der Waals surface area contributed by atoms with E-state index in [2.05, 4.69) is 9.47 Å². The van der Waals surface area contributed by atoms with Crippen LogP contribution >= 0.6 is 0 Å². The monoisotopic (exact) mass is 226 g/mol. The van der Waals surface area contributed by atoms with Crippen LogP contribution in [0.1, 0.15) is 13.3 Å². The van der Waals surface area contributed by atoms with E-state index in [-0.39, 0.29) is 13.0 Å². The zero-order chi connectivity index (χ0) is 11.6. The summed E-state index contributed by atoms with van der Waals surface area (Å²) < 4.78 is 45.0. The number of rotatable bonds is 2. The molecule has 0 aromatic carbocycles. The van der Waals surface area contributed by atoms with Crippen molar-refractivity contribution in [3.8, 4) is 0 Å². The Labute approximate surface area is 83.3 Å². The van der Waals surface area contributed by atoms with E-state index in [9.17, 15) is 22.8 Å². The van der Waals surface area contributed by atoms with Crippen LogP contribution in [0.5, 0.6) is 0 Å². The Morgan fingerprint density at radius 3 is 2.60 bits per heavy atom. The Morgan fingerprint density at radius 2 is 2.20 bits per heavy atom. The van der Waals surface area contributed by atoms with Crippen molar-refractivity contribution in [3.05, 3.63) is 0 Å². The van der Waals surface area contributed by atoms with Crippen molar-refractivity contribution in [1.82, 2.24) is 0 Å². The van der Waals surface area contributed by atoms with Gasteiger partial charge in [0.1, 0.15) is 5.92 Å². The molecule has 2 atom stereocenters. The van der Waals surface area contributed by atoms with Crippen molar-refractivity contribution in [2.75, 3.05) is 6.61 Å². The van der Waals surface area contributed by atoms with E-state index in [4.69, 9.17) is 0 Å². The van der Waals surface area contributed by atoms with E-state index in [1.54, 1.807) is 0 Å². The maximum atomic E-state index is 12.1. The lowest BCUT2D eigenvalue weighted by Crippen LogP contribution is -2.33. The maximum absolute atomic E-state index is 12.1. The Bertz CT molecular complexity index is 274. The standard InChI is InChI=1S/C8H9F3O4/c1-4(8(9,10)11)6(12)15-5-2-3-14-7(5)13/h4-5H,2-3H2,1H3. The molecule has 4 nitrogen and oxygen atoms in total. The summed E-state index contributed by atoms with van der Waals surface area (Å²) in [6, 6.07) is 0. The van der Waals surface area contributed by atoms with Crippen LogP contribution < -0.4 is 0 Å². The van der Waals surface area contributed by atoms with Gasteiger partial charge in [-0.25, -0.2) is 4.79 Å². The number of ether oxygens (including phenoxy) is 2. The number of hydrogen-bond donors (Lipinski definition) is 0. The van der Waals surface area contributed by atoms with Gasteiger partial charge in [0.25, 0.3) is 0 Å². The van der Waals surface area contributed by atoms with Gasteiger partial charge >= 0.3 is 18.1 Å². The van der Waals surface area contributed by atoms with Gasteiger partial charge < -0.3 is 9.47 Å². The summed E-state index contributed by atoms with van der Waals surface area (Å²) in [6.45, 7) is 0.750. The van der Waals surface area contributed by atoms with Gasteiger partial charge in [-0.2, -0.15) is 13.2 Å². The molecule has 1 fully saturated rings. The van der Waals surface area contributed by atoms with Crippen LogP contribution in [-0.2, 0) is 19.1 Å². The minimum Gasteiger partial charge on any atom is -0.463 e. The molecule has 1 aliphatic heterocycles. The third-order valence-corrected chi connectivity index (χ3v) is 1.99. The molecule has 0 aromatic rings. The molecule has 1 heterocycles. The third kappa shape index (κ3) is 2.84. The SMILES string of the molecule is CC(C(=O)OC1CCOC1=O)C(F)(F)F. The second kappa shape index (κ2) is 4.08. The van der Waals surface area contributed by atoms with Gasteiger partial charge in [0, 0.05) is 6.42 Å². The Balaban J connectivity index is 2.52. The third-order valence-electron chi connectivity index (χ3n) is 1.99. The number of halogens is 3. The van der Waals surface area contributed by atoms with Crippen molar-refractivity contribution in [2.45, 2.75) is 25.6 Å². The molecule has 86 valence electrons. The molecular formula is C8H9F3O4. The van der Waals surface area contributed by atoms with Gasteiger partial charge in [-0.15, -0.1) is 0 Å². The highest BCUT2D eigenvalue weighted by Crippen LogP contribution is 2.27. The predicted molar refractivity (Wildman–Crippen MR) is 40.7 cm³/mol. The molecule has 2 unspecified atom stereocenters. The Hall–Kier alpha value is -1.27. The molecule has 0 saturated carbocycles. The zero-order valence-electron chi connectivity index (χ0n) is 7.84. The van der Waals surface area contributed by atoms with Crippen LogP contribution in [0.15, 0.2) is 0 Å². The van der Waals surface area contributed by atoms with Crippen molar-refractivity contribution in [2.24, 2.45) is 5.92 Å². The van der Waals surface area contributed by atoms with Crippen LogP contribution in [0.25, 0.3) is 0 Å². The van der Waals surface area contributed by atoms with Crippen molar-refractivity contribution >= 4 is 11.9 Å².